The molecule has 1 aromatic rings. The SMILES string of the molecule is CSC1CCC(Nc2ccnc(C)c2)CC1. The third-order valence-electron chi connectivity index (χ3n) is 3.27. The molecule has 0 aliphatic heterocycles. The topological polar surface area (TPSA) is 24.9 Å². The lowest BCUT2D eigenvalue weighted by atomic mass is 9.95. The molecule has 2 nitrogen and oxygen atoms in total. The Bertz CT molecular complexity index is 332. The van der Waals surface area contributed by atoms with Gasteiger partial charge in [-0.15, -0.1) is 0 Å². The van der Waals surface area contributed by atoms with Crippen LogP contribution in [0.1, 0.15) is 31.4 Å². The maximum atomic E-state index is 4.21. The van der Waals surface area contributed by atoms with Gasteiger partial charge in [-0.3, -0.25) is 4.98 Å². The lowest BCUT2D eigenvalue weighted by Gasteiger charge is -2.28. The van der Waals surface area contributed by atoms with E-state index in [0.717, 1.165) is 10.9 Å². The van der Waals surface area contributed by atoms with Crippen LogP contribution in [-0.2, 0) is 0 Å². The number of hydrogen-bond acceptors (Lipinski definition) is 3. The molecular formula is C13H20N2S. The van der Waals surface area contributed by atoms with Gasteiger partial charge >= 0.3 is 0 Å². The van der Waals surface area contributed by atoms with Gasteiger partial charge in [-0.05, 0) is 51.0 Å². The molecule has 0 radical (unpaired) electrons. The highest BCUT2D eigenvalue weighted by Gasteiger charge is 2.19. The van der Waals surface area contributed by atoms with Crippen molar-refractivity contribution >= 4 is 17.4 Å². The molecule has 0 spiro atoms. The molecule has 16 heavy (non-hydrogen) atoms. The molecule has 0 amide bonds. The molecule has 3 heteroatoms. The minimum atomic E-state index is 0.658. The fourth-order valence-corrected chi connectivity index (χ4v) is 3.06. The summed E-state index contributed by atoms with van der Waals surface area (Å²) in [5.74, 6) is 0. The Morgan fingerprint density at radius 1 is 1.31 bits per heavy atom. The highest BCUT2D eigenvalue weighted by atomic mass is 32.2. The Kier molecular flexibility index (Phi) is 4.10. The van der Waals surface area contributed by atoms with Crippen LogP contribution in [0.25, 0.3) is 0 Å². The molecule has 1 saturated carbocycles. The van der Waals surface area contributed by atoms with Crippen LogP contribution in [-0.4, -0.2) is 22.5 Å². The van der Waals surface area contributed by atoms with Gasteiger partial charge in [0.1, 0.15) is 0 Å². The maximum Gasteiger partial charge on any atom is 0.0393 e. The number of nitrogens with one attached hydrogen (secondary N) is 1. The average molecular weight is 236 g/mol. The Balaban J connectivity index is 1.87. The summed E-state index contributed by atoms with van der Waals surface area (Å²) >= 11 is 2.02. The van der Waals surface area contributed by atoms with Crippen molar-refractivity contribution in [1.29, 1.82) is 0 Å². The Labute approximate surface area is 102 Å². The third-order valence-corrected chi connectivity index (χ3v) is 4.41. The van der Waals surface area contributed by atoms with Gasteiger partial charge in [0.05, 0.1) is 0 Å². The first-order valence-electron chi connectivity index (χ1n) is 6.00. The van der Waals surface area contributed by atoms with Gasteiger partial charge in [0.2, 0.25) is 0 Å². The number of nitrogens with zero attached hydrogens (tertiary/aromatic N) is 1. The third kappa shape index (κ3) is 3.14. The second-order valence-electron chi connectivity index (χ2n) is 4.54. The first kappa shape index (κ1) is 11.8. The van der Waals surface area contributed by atoms with Crippen molar-refractivity contribution in [2.24, 2.45) is 0 Å². The zero-order chi connectivity index (χ0) is 11.4. The van der Waals surface area contributed by atoms with Gasteiger partial charge in [0.25, 0.3) is 0 Å². The quantitative estimate of drug-likeness (QED) is 0.869. The van der Waals surface area contributed by atoms with E-state index in [1.54, 1.807) is 0 Å². The number of thioether (sulfide) groups is 1. The summed E-state index contributed by atoms with van der Waals surface area (Å²) in [6.07, 6.45) is 9.40. The number of anilines is 1. The number of aryl methyl sites for hydroxylation is 1. The van der Waals surface area contributed by atoms with E-state index in [0.29, 0.717) is 6.04 Å². The Hall–Kier alpha value is -0.700. The largest absolute Gasteiger partial charge is 0.382 e. The van der Waals surface area contributed by atoms with Gasteiger partial charge in [0.15, 0.2) is 0 Å². The first-order chi connectivity index (χ1) is 7.78. The summed E-state index contributed by atoms with van der Waals surface area (Å²) in [4.78, 5) is 4.21. The molecule has 1 N–H and O–H groups in total. The summed E-state index contributed by atoms with van der Waals surface area (Å²) in [6, 6.07) is 4.85. The molecule has 1 aromatic heterocycles. The van der Waals surface area contributed by atoms with E-state index >= 15 is 0 Å². The smallest absolute Gasteiger partial charge is 0.0393 e. The van der Waals surface area contributed by atoms with Gasteiger partial charge < -0.3 is 5.32 Å². The van der Waals surface area contributed by atoms with Crippen LogP contribution in [0.4, 0.5) is 5.69 Å². The summed E-state index contributed by atoms with van der Waals surface area (Å²) in [5, 5.41) is 4.50. The maximum absolute atomic E-state index is 4.21. The van der Waals surface area contributed by atoms with E-state index in [4.69, 9.17) is 0 Å². The molecule has 1 fully saturated rings. The van der Waals surface area contributed by atoms with E-state index in [2.05, 4.69) is 28.7 Å². The fraction of sp³-hybridized carbons (Fsp3) is 0.615. The fourth-order valence-electron chi connectivity index (χ4n) is 2.31. The highest BCUT2D eigenvalue weighted by molar-refractivity contribution is 7.99. The molecule has 1 aliphatic rings. The zero-order valence-electron chi connectivity index (χ0n) is 10.1. The van der Waals surface area contributed by atoms with E-state index in [9.17, 15) is 0 Å². The van der Waals surface area contributed by atoms with Crippen molar-refractivity contribution < 1.29 is 0 Å². The molecule has 1 heterocycles. The highest BCUT2D eigenvalue weighted by Crippen LogP contribution is 2.28. The molecule has 0 atom stereocenters. The average Bonchev–Trinajstić information content (AvgIpc) is 2.30. The molecule has 0 bridgehead atoms. The van der Waals surface area contributed by atoms with E-state index in [1.807, 2.05) is 24.9 Å². The number of rotatable bonds is 3. The second-order valence-corrected chi connectivity index (χ2v) is 5.68. The Morgan fingerprint density at radius 3 is 2.69 bits per heavy atom. The first-order valence-corrected chi connectivity index (χ1v) is 7.28. The van der Waals surface area contributed by atoms with Crippen molar-refractivity contribution in [3.05, 3.63) is 24.0 Å². The summed E-state index contributed by atoms with van der Waals surface area (Å²) in [7, 11) is 0. The second kappa shape index (κ2) is 5.58. The minimum Gasteiger partial charge on any atom is -0.382 e. The van der Waals surface area contributed by atoms with Gasteiger partial charge in [-0.1, -0.05) is 0 Å². The summed E-state index contributed by atoms with van der Waals surface area (Å²) in [6.45, 7) is 2.04. The monoisotopic (exact) mass is 236 g/mol. The van der Waals surface area contributed by atoms with Crippen LogP contribution in [0.2, 0.25) is 0 Å². The number of pyridine rings is 1. The Morgan fingerprint density at radius 2 is 2.06 bits per heavy atom. The van der Waals surface area contributed by atoms with E-state index in [1.165, 1.54) is 31.4 Å². The molecule has 0 unspecified atom stereocenters. The van der Waals surface area contributed by atoms with Crippen LogP contribution in [0.5, 0.6) is 0 Å². The summed E-state index contributed by atoms with van der Waals surface area (Å²) < 4.78 is 0. The molecular weight excluding hydrogens is 216 g/mol. The lowest BCUT2D eigenvalue weighted by Crippen LogP contribution is -2.27. The molecule has 0 saturated heterocycles. The lowest BCUT2D eigenvalue weighted by molar-refractivity contribution is 0.473. The molecule has 2 rings (SSSR count). The van der Waals surface area contributed by atoms with E-state index < -0.39 is 0 Å². The molecule has 0 aromatic carbocycles. The molecule has 1 aliphatic carbocycles. The zero-order valence-corrected chi connectivity index (χ0v) is 10.9. The minimum absolute atomic E-state index is 0.658. The van der Waals surface area contributed by atoms with Crippen molar-refractivity contribution in [3.8, 4) is 0 Å². The van der Waals surface area contributed by atoms with Crippen molar-refractivity contribution in [3.63, 3.8) is 0 Å². The van der Waals surface area contributed by atoms with Crippen molar-refractivity contribution in [2.45, 2.75) is 43.9 Å². The van der Waals surface area contributed by atoms with E-state index in [-0.39, 0.29) is 0 Å². The van der Waals surface area contributed by atoms with Gasteiger partial charge in [-0.25, -0.2) is 0 Å². The van der Waals surface area contributed by atoms with Crippen molar-refractivity contribution in [2.75, 3.05) is 11.6 Å². The van der Waals surface area contributed by atoms with Crippen LogP contribution in [0.15, 0.2) is 18.3 Å². The van der Waals surface area contributed by atoms with Gasteiger partial charge in [0, 0.05) is 28.9 Å². The van der Waals surface area contributed by atoms with Crippen LogP contribution >= 0.6 is 11.8 Å². The molecule has 88 valence electrons. The van der Waals surface area contributed by atoms with Crippen LogP contribution in [0.3, 0.4) is 0 Å². The predicted octanol–water partition coefficient (Wildman–Crippen LogP) is 3.48. The van der Waals surface area contributed by atoms with Gasteiger partial charge in [-0.2, -0.15) is 11.8 Å². The normalized spacial score (nSPS) is 25.4. The van der Waals surface area contributed by atoms with Crippen LogP contribution < -0.4 is 5.32 Å². The summed E-state index contributed by atoms with van der Waals surface area (Å²) in [5.41, 5.74) is 2.31. The van der Waals surface area contributed by atoms with Crippen molar-refractivity contribution in [1.82, 2.24) is 4.98 Å². The van der Waals surface area contributed by atoms with Crippen LogP contribution in [0, 0.1) is 6.92 Å². The number of aromatic nitrogens is 1. The predicted molar refractivity (Wildman–Crippen MR) is 72.2 cm³/mol. The standard InChI is InChI=1S/C13H20N2S/c1-10-9-12(7-8-14-10)15-11-3-5-13(16-2)6-4-11/h7-9,11,13H,3-6H2,1-2H3,(H,14,15). The number of hydrogen-bond donors (Lipinski definition) is 1.